The number of ether oxygens (including phenoxy) is 1. The lowest BCUT2D eigenvalue weighted by Gasteiger charge is -2.22. The van der Waals surface area contributed by atoms with Gasteiger partial charge in [0.15, 0.2) is 0 Å². The van der Waals surface area contributed by atoms with E-state index in [0.717, 1.165) is 77.0 Å². The van der Waals surface area contributed by atoms with Crippen molar-refractivity contribution in [1.82, 2.24) is 5.32 Å². The summed E-state index contributed by atoms with van der Waals surface area (Å²) in [7, 11) is 0. The lowest BCUT2D eigenvalue weighted by molar-refractivity contribution is -0.143. The Hall–Kier alpha value is -1.40. The summed E-state index contributed by atoms with van der Waals surface area (Å²) in [4.78, 5) is 24.4. The number of amides is 1. The Labute approximate surface area is 349 Å². The second-order valence-corrected chi connectivity index (χ2v) is 17.1. The van der Waals surface area contributed by atoms with E-state index in [-0.39, 0.29) is 18.5 Å². The van der Waals surface area contributed by atoms with Crippen LogP contribution >= 0.6 is 0 Å². The third kappa shape index (κ3) is 42.2. The summed E-state index contributed by atoms with van der Waals surface area (Å²) in [6.07, 6.45) is 51.8. The quantitative estimate of drug-likeness (QED) is 0.0324. The smallest absolute Gasteiger partial charge is 0.305 e. The molecule has 0 aliphatic rings. The Morgan fingerprint density at radius 2 is 0.839 bits per heavy atom. The molecule has 0 rings (SSSR count). The van der Waals surface area contributed by atoms with E-state index < -0.39 is 12.1 Å². The molecule has 0 aromatic rings. The Morgan fingerprint density at radius 3 is 1.27 bits per heavy atom. The Bertz CT molecular complexity index is 832. The molecule has 0 aliphatic carbocycles. The highest BCUT2D eigenvalue weighted by Gasteiger charge is 2.20. The van der Waals surface area contributed by atoms with E-state index in [1.54, 1.807) is 0 Å². The van der Waals surface area contributed by atoms with Crippen LogP contribution in [0.15, 0.2) is 12.2 Å². The molecule has 0 heterocycles. The van der Waals surface area contributed by atoms with E-state index in [9.17, 15) is 19.8 Å². The SMILES string of the molecule is CCCCCCCCCCCCCCCCC(=O)OCCCC/C=C\CCCCCCCC(=O)NC(CO)C(O)CCCCCCCCCCCCCCCC. The summed E-state index contributed by atoms with van der Waals surface area (Å²) in [5.41, 5.74) is 0. The minimum absolute atomic E-state index is 0.0289. The van der Waals surface area contributed by atoms with Crippen molar-refractivity contribution in [2.45, 2.75) is 283 Å². The molecule has 0 fully saturated rings. The fourth-order valence-corrected chi connectivity index (χ4v) is 7.69. The average molecular weight is 792 g/mol. The number of hydrogen-bond acceptors (Lipinski definition) is 5. The predicted octanol–water partition coefficient (Wildman–Crippen LogP) is 14.6. The van der Waals surface area contributed by atoms with Crippen molar-refractivity contribution in [2.75, 3.05) is 13.2 Å². The van der Waals surface area contributed by atoms with E-state index in [2.05, 4.69) is 31.3 Å². The Kier molecular flexibility index (Phi) is 45.1. The monoisotopic (exact) mass is 792 g/mol. The Balaban J connectivity index is 3.51. The summed E-state index contributed by atoms with van der Waals surface area (Å²) in [5, 5.41) is 23.2. The maximum atomic E-state index is 12.4. The lowest BCUT2D eigenvalue weighted by Crippen LogP contribution is -2.45. The molecule has 56 heavy (non-hydrogen) atoms. The lowest BCUT2D eigenvalue weighted by atomic mass is 10.0. The third-order valence-electron chi connectivity index (χ3n) is 11.6. The van der Waals surface area contributed by atoms with Crippen LogP contribution in [0.1, 0.15) is 271 Å². The van der Waals surface area contributed by atoms with E-state index >= 15 is 0 Å². The Morgan fingerprint density at radius 1 is 0.482 bits per heavy atom. The number of allylic oxidation sites excluding steroid dienone is 2. The van der Waals surface area contributed by atoms with Crippen molar-refractivity contribution in [3.63, 3.8) is 0 Å². The molecule has 0 saturated carbocycles. The van der Waals surface area contributed by atoms with Crippen LogP contribution in [0.25, 0.3) is 0 Å². The molecular weight excluding hydrogens is 695 g/mol. The maximum absolute atomic E-state index is 12.4. The van der Waals surface area contributed by atoms with Crippen LogP contribution < -0.4 is 5.32 Å². The summed E-state index contributed by atoms with van der Waals surface area (Å²) in [5.74, 6) is -0.0920. The first-order valence-corrected chi connectivity index (χ1v) is 24.9. The van der Waals surface area contributed by atoms with Crippen molar-refractivity contribution >= 4 is 11.9 Å². The van der Waals surface area contributed by atoms with Gasteiger partial charge in [-0.05, 0) is 51.4 Å². The molecule has 0 spiro atoms. The number of rotatable bonds is 46. The van der Waals surface area contributed by atoms with Crippen molar-refractivity contribution in [1.29, 1.82) is 0 Å². The highest BCUT2D eigenvalue weighted by atomic mass is 16.5. The zero-order valence-corrected chi connectivity index (χ0v) is 37.6. The fourth-order valence-electron chi connectivity index (χ4n) is 7.69. The van der Waals surface area contributed by atoms with Crippen molar-refractivity contribution in [2.24, 2.45) is 0 Å². The zero-order chi connectivity index (χ0) is 40.8. The van der Waals surface area contributed by atoms with Crippen molar-refractivity contribution in [3.05, 3.63) is 12.2 Å². The van der Waals surface area contributed by atoms with Crippen LogP contribution in [0, 0.1) is 0 Å². The van der Waals surface area contributed by atoms with E-state index in [0.29, 0.717) is 25.9 Å². The van der Waals surface area contributed by atoms with Crippen LogP contribution in [-0.2, 0) is 14.3 Å². The first-order valence-electron chi connectivity index (χ1n) is 24.9. The minimum Gasteiger partial charge on any atom is -0.466 e. The minimum atomic E-state index is -0.680. The molecule has 0 aromatic carbocycles. The number of hydrogen-bond donors (Lipinski definition) is 3. The largest absolute Gasteiger partial charge is 0.466 e. The molecule has 2 unspecified atom stereocenters. The predicted molar refractivity (Wildman–Crippen MR) is 241 cm³/mol. The summed E-state index contributed by atoms with van der Waals surface area (Å²) >= 11 is 0. The molecule has 1 amide bonds. The van der Waals surface area contributed by atoms with Gasteiger partial charge in [-0.25, -0.2) is 0 Å². The van der Waals surface area contributed by atoms with Gasteiger partial charge in [-0.3, -0.25) is 9.59 Å². The topological polar surface area (TPSA) is 95.9 Å². The van der Waals surface area contributed by atoms with E-state index in [1.807, 2.05) is 0 Å². The number of esters is 1. The molecule has 6 heteroatoms. The normalized spacial score (nSPS) is 12.7. The fraction of sp³-hybridized carbons (Fsp3) is 0.920. The third-order valence-corrected chi connectivity index (χ3v) is 11.6. The molecule has 2 atom stereocenters. The van der Waals surface area contributed by atoms with Crippen LogP contribution in [0.3, 0.4) is 0 Å². The van der Waals surface area contributed by atoms with Crippen molar-refractivity contribution in [3.8, 4) is 0 Å². The van der Waals surface area contributed by atoms with Gasteiger partial charge >= 0.3 is 5.97 Å². The van der Waals surface area contributed by atoms with Gasteiger partial charge in [0.1, 0.15) is 0 Å². The first-order chi connectivity index (χ1) is 27.5. The van der Waals surface area contributed by atoms with Crippen LogP contribution in [0.5, 0.6) is 0 Å². The number of aliphatic hydroxyl groups is 2. The van der Waals surface area contributed by atoms with Gasteiger partial charge in [-0.15, -0.1) is 0 Å². The van der Waals surface area contributed by atoms with Gasteiger partial charge in [-0.2, -0.15) is 0 Å². The van der Waals surface area contributed by atoms with Crippen molar-refractivity contribution < 1.29 is 24.5 Å². The highest BCUT2D eigenvalue weighted by molar-refractivity contribution is 5.76. The van der Waals surface area contributed by atoms with Gasteiger partial charge in [-0.1, -0.05) is 219 Å². The summed E-state index contributed by atoms with van der Waals surface area (Å²) in [6.45, 7) is 4.88. The van der Waals surface area contributed by atoms with Gasteiger partial charge in [0, 0.05) is 12.8 Å². The van der Waals surface area contributed by atoms with E-state index in [1.165, 1.54) is 161 Å². The molecule has 0 aliphatic heterocycles. The molecule has 3 N–H and O–H groups in total. The zero-order valence-electron chi connectivity index (χ0n) is 37.6. The van der Waals surface area contributed by atoms with Crippen LogP contribution in [0.2, 0.25) is 0 Å². The second-order valence-electron chi connectivity index (χ2n) is 17.1. The molecule has 0 saturated heterocycles. The van der Waals surface area contributed by atoms with E-state index in [4.69, 9.17) is 4.74 Å². The van der Waals surface area contributed by atoms with Crippen LogP contribution in [-0.4, -0.2) is 47.4 Å². The standard InChI is InChI=1S/C50H97NO5/c1-3-5-7-9-11-13-15-17-19-22-26-30-34-38-42-48(53)47(46-52)51-49(54)43-39-35-31-27-23-21-25-29-33-37-41-45-56-50(55)44-40-36-32-28-24-20-18-16-14-12-10-8-6-4-2/h25,29,47-48,52-53H,3-24,26-28,30-46H2,1-2H3,(H,51,54)/b29-25-. The first kappa shape index (κ1) is 54.6. The molecule has 0 bridgehead atoms. The van der Waals surface area contributed by atoms with Gasteiger partial charge in [0.25, 0.3) is 0 Å². The number of nitrogens with one attached hydrogen (secondary N) is 1. The highest BCUT2D eigenvalue weighted by Crippen LogP contribution is 2.16. The maximum Gasteiger partial charge on any atom is 0.305 e. The molecule has 0 radical (unpaired) electrons. The summed E-state index contributed by atoms with van der Waals surface area (Å²) in [6, 6.07) is -0.560. The van der Waals surface area contributed by atoms with Gasteiger partial charge in [0.2, 0.25) is 5.91 Å². The average Bonchev–Trinajstić information content (AvgIpc) is 3.20. The number of aliphatic hydroxyl groups excluding tert-OH is 2. The number of carbonyl (C=O) groups is 2. The van der Waals surface area contributed by atoms with Crippen LogP contribution in [0.4, 0.5) is 0 Å². The molecule has 332 valence electrons. The number of carbonyl (C=O) groups excluding carboxylic acids is 2. The second kappa shape index (κ2) is 46.3. The molecule has 0 aromatic heterocycles. The molecular formula is C50H97NO5. The van der Waals surface area contributed by atoms with Gasteiger partial charge < -0.3 is 20.3 Å². The summed E-state index contributed by atoms with van der Waals surface area (Å²) < 4.78 is 5.43. The molecule has 6 nitrogen and oxygen atoms in total. The number of unbranched alkanes of at least 4 members (excludes halogenated alkanes) is 33. The van der Waals surface area contributed by atoms with Gasteiger partial charge in [0.05, 0.1) is 25.4 Å².